The third-order valence-electron chi connectivity index (χ3n) is 4.59. The van der Waals surface area contributed by atoms with Crippen LogP contribution in [0.4, 0.5) is 5.69 Å². The van der Waals surface area contributed by atoms with Crippen LogP contribution in [0.5, 0.6) is 0 Å². The third kappa shape index (κ3) is 2.83. The van der Waals surface area contributed by atoms with E-state index in [4.69, 9.17) is 0 Å². The number of amides is 1. The molecule has 0 saturated carbocycles. The first-order chi connectivity index (χ1) is 11.8. The molecule has 0 N–H and O–H groups in total. The van der Waals surface area contributed by atoms with Crippen molar-refractivity contribution in [1.82, 2.24) is 9.88 Å². The fraction of sp³-hybridized carbons (Fsp3) is 0.200. The number of carbonyl (C=O) groups excluding carboxylic acids is 1. The van der Waals surface area contributed by atoms with Gasteiger partial charge in [-0.25, -0.2) is 0 Å². The second-order valence-electron chi connectivity index (χ2n) is 6.05. The Morgan fingerprint density at radius 3 is 2.29 bits per heavy atom. The van der Waals surface area contributed by atoms with Gasteiger partial charge in [0.15, 0.2) is 0 Å². The number of rotatable bonds is 2. The smallest absolute Gasteiger partial charge is 0.253 e. The molecule has 0 bridgehead atoms. The van der Waals surface area contributed by atoms with Gasteiger partial charge >= 0.3 is 0 Å². The van der Waals surface area contributed by atoms with Crippen LogP contribution in [0.2, 0.25) is 0 Å². The topological polar surface area (TPSA) is 36.4 Å². The van der Waals surface area contributed by atoms with Gasteiger partial charge in [0.05, 0.1) is 0 Å². The van der Waals surface area contributed by atoms with Crippen molar-refractivity contribution in [1.29, 1.82) is 0 Å². The van der Waals surface area contributed by atoms with E-state index < -0.39 is 0 Å². The van der Waals surface area contributed by atoms with Crippen LogP contribution in [-0.4, -0.2) is 42.0 Å². The predicted molar refractivity (Wildman–Crippen MR) is 96.3 cm³/mol. The molecule has 0 radical (unpaired) electrons. The van der Waals surface area contributed by atoms with Crippen LogP contribution in [0.1, 0.15) is 10.4 Å². The number of aromatic nitrogens is 1. The number of nitrogens with zero attached hydrogens (tertiary/aromatic N) is 3. The van der Waals surface area contributed by atoms with E-state index in [9.17, 15) is 4.79 Å². The molecule has 0 unspecified atom stereocenters. The standard InChI is InChI=1S/C20H19N3O/c24-20(18-6-5-16-3-1-2-4-17(16)15-18)23-13-11-22(12-14-23)19-7-9-21-10-8-19/h1-10,15H,11-14H2. The molecule has 1 aliphatic heterocycles. The highest BCUT2D eigenvalue weighted by Gasteiger charge is 2.22. The van der Waals surface area contributed by atoms with Gasteiger partial charge in [0.1, 0.15) is 0 Å². The molecular weight excluding hydrogens is 298 g/mol. The van der Waals surface area contributed by atoms with Crippen molar-refractivity contribution in [2.24, 2.45) is 0 Å². The molecule has 1 amide bonds. The summed E-state index contributed by atoms with van der Waals surface area (Å²) in [4.78, 5) is 21.1. The summed E-state index contributed by atoms with van der Waals surface area (Å²) in [5.41, 5.74) is 1.94. The fourth-order valence-electron chi connectivity index (χ4n) is 3.23. The lowest BCUT2D eigenvalue weighted by Crippen LogP contribution is -2.48. The summed E-state index contributed by atoms with van der Waals surface area (Å²) in [5, 5.41) is 2.27. The maximum absolute atomic E-state index is 12.8. The maximum atomic E-state index is 12.8. The minimum absolute atomic E-state index is 0.120. The van der Waals surface area contributed by atoms with Gasteiger partial charge in [-0.05, 0) is 35.0 Å². The highest BCUT2D eigenvalue weighted by molar-refractivity contribution is 5.98. The Morgan fingerprint density at radius 2 is 1.54 bits per heavy atom. The van der Waals surface area contributed by atoms with Crippen molar-refractivity contribution in [2.75, 3.05) is 31.1 Å². The summed E-state index contributed by atoms with van der Waals surface area (Å²) in [5.74, 6) is 0.120. The molecule has 1 aliphatic rings. The van der Waals surface area contributed by atoms with Crippen LogP contribution in [-0.2, 0) is 0 Å². The van der Waals surface area contributed by atoms with Crippen LogP contribution in [0.3, 0.4) is 0 Å². The van der Waals surface area contributed by atoms with E-state index in [1.807, 2.05) is 65.8 Å². The van der Waals surface area contributed by atoms with Crippen LogP contribution < -0.4 is 4.90 Å². The molecule has 4 nitrogen and oxygen atoms in total. The molecular formula is C20H19N3O. The molecule has 2 heterocycles. The molecule has 3 aromatic rings. The number of benzene rings is 2. The van der Waals surface area contributed by atoms with Crippen LogP contribution in [0, 0.1) is 0 Å². The number of carbonyl (C=O) groups is 1. The number of fused-ring (bicyclic) bond motifs is 1. The van der Waals surface area contributed by atoms with E-state index in [-0.39, 0.29) is 5.91 Å². The van der Waals surface area contributed by atoms with Crippen molar-refractivity contribution >= 4 is 22.4 Å². The molecule has 120 valence electrons. The zero-order valence-electron chi connectivity index (χ0n) is 13.4. The van der Waals surface area contributed by atoms with Crippen molar-refractivity contribution in [3.8, 4) is 0 Å². The minimum atomic E-state index is 0.120. The van der Waals surface area contributed by atoms with E-state index in [1.165, 1.54) is 5.69 Å². The molecule has 0 aliphatic carbocycles. The Balaban J connectivity index is 1.47. The number of pyridine rings is 1. The monoisotopic (exact) mass is 317 g/mol. The van der Waals surface area contributed by atoms with Gasteiger partial charge < -0.3 is 9.80 Å². The molecule has 24 heavy (non-hydrogen) atoms. The zero-order valence-corrected chi connectivity index (χ0v) is 13.4. The molecule has 1 fully saturated rings. The van der Waals surface area contributed by atoms with Gasteiger partial charge in [-0.3, -0.25) is 9.78 Å². The van der Waals surface area contributed by atoms with E-state index in [2.05, 4.69) is 16.0 Å². The summed E-state index contributed by atoms with van der Waals surface area (Å²) in [6.07, 6.45) is 3.61. The molecule has 4 heteroatoms. The number of anilines is 1. The van der Waals surface area contributed by atoms with E-state index in [0.717, 1.165) is 42.5 Å². The molecule has 1 saturated heterocycles. The Labute approximate surface area is 141 Å². The Morgan fingerprint density at radius 1 is 0.833 bits per heavy atom. The number of piperazine rings is 1. The zero-order chi connectivity index (χ0) is 16.4. The first-order valence-electron chi connectivity index (χ1n) is 8.24. The molecule has 4 rings (SSSR count). The maximum Gasteiger partial charge on any atom is 0.253 e. The summed E-state index contributed by atoms with van der Waals surface area (Å²) in [6, 6.07) is 18.1. The van der Waals surface area contributed by atoms with Crippen molar-refractivity contribution in [3.63, 3.8) is 0 Å². The summed E-state index contributed by atoms with van der Waals surface area (Å²) in [6.45, 7) is 3.19. The van der Waals surface area contributed by atoms with E-state index in [1.54, 1.807) is 0 Å². The lowest BCUT2D eigenvalue weighted by Gasteiger charge is -2.36. The van der Waals surface area contributed by atoms with Gasteiger partial charge in [0.25, 0.3) is 5.91 Å². The lowest BCUT2D eigenvalue weighted by molar-refractivity contribution is 0.0747. The first kappa shape index (κ1) is 14.7. The second kappa shape index (κ2) is 6.32. The molecule has 2 aromatic carbocycles. The van der Waals surface area contributed by atoms with Crippen molar-refractivity contribution in [3.05, 3.63) is 72.6 Å². The highest BCUT2D eigenvalue weighted by atomic mass is 16.2. The Bertz CT molecular complexity index is 855. The average molecular weight is 317 g/mol. The van der Waals surface area contributed by atoms with Gasteiger partial charge in [-0.1, -0.05) is 30.3 Å². The molecule has 1 aromatic heterocycles. The lowest BCUT2D eigenvalue weighted by atomic mass is 10.1. The summed E-state index contributed by atoms with van der Waals surface area (Å²) < 4.78 is 0. The van der Waals surface area contributed by atoms with E-state index in [0.29, 0.717) is 0 Å². The van der Waals surface area contributed by atoms with Crippen molar-refractivity contribution in [2.45, 2.75) is 0 Å². The largest absolute Gasteiger partial charge is 0.368 e. The van der Waals surface area contributed by atoms with E-state index >= 15 is 0 Å². The third-order valence-corrected chi connectivity index (χ3v) is 4.59. The Kier molecular flexibility index (Phi) is 3.87. The van der Waals surface area contributed by atoms with Gasteiger partial charge in [0.2, 0.25) is 0 Å². The average Bonchev–Trinajstić information content (AvgIpc) is 2.68. The summed E-state index contributed by atoms with van der Waals surface area (Å²) in [7, 11) is 0. The minimum Gasteiger partial charge on any atom is -0.368 e. The number of hydrogen-bond acceptors (Lipinski definition) is 3. The normalized spacial score (nSPS) is 14.8. The fourth-order valence-corrected chi connectivity index (χ4v) is 3.23. The van der Waals surface area contributed by atoms with Gasteiger partial charge in [-0.2, -0.15) is 0 Å². The van der Waals surface area contributed by atoms with Crippen LogP contribution in [0.25, 0.3) is 10.8 Å². The number of hydrogen-bond donors (Lipinski definition) is 0. The van der Waals surface area contributed by atoms with Gasteiger partial charge in [0, 0.05) is 49.8 Å². The van der Waals surface area contributed by atoms with Crippen molar-refractivity contribution < 1.29 is 4.79 Å². The SMILES string of the molecule is O=C(c1ccc2ccccc2c1)N1CCN(c2ccncc2)CC1. The first-order valence-corrected chi connectivity index (χ1v) is 8.24. The quantitative estimate of drug-likeness (QED) is 0.728. The highest BCUT2D eigenvalue weighted by Crippen LogP contribution is 2.19. The summed E-state index contributed by atoms with van der Waals surface area (Å²) >= 11 is 0. The molecule has 0 spiro atoms. The van der Waals surface area contributed by atoms with Crippen LogP contribution >= 0.6 is 0 Å². The predicted octanol–water partition coefficient (Wildman–Crippen LogP) is 3.20. The Hall–Kier alpha value is -2.88. The molecule has 0 atom stereocenters. The second-order valence-corrected chi connectivity index (χ2v) is 6.05. The van der Waals surface area contributed by atoms with Gasteiger partial charge in [-0.15, -0.1) is 0 Å². The van der Waals surface area contributed by atoms with Crippen LogP contribution in [0.15, 0.2) is 67.0 Å².